The van der Waals surface area contributed by atoms with Crippen LogP contribution in [0.1, 0.15) is 0 Å². The van der Waals surface area contributed by atoms with E-state index in [-0.39, 0.29) is 39.1 Å². The van der Waals surface area contributed by atoms with Crippen molar-refractivity contribution < 1.29 is 21.7 Å². The van der Waals surface area contributed by atoms with Crippen LogP contribution in [0, 0.1) is 4.91 Å². The maximum Gasteiger partial charge on any atom is 0.0854 e. The molecule has 0 spiro atoms. The van der Waals surface area contributed by atoms with E-state index in [1.807, 2.05) is 0 Å². The zero-order valence-corrected chi connectivity index (χ0v) is 5.04. The fourth-order valence-corrected chi connectivity index (χ4v) is 0. The molecule has 0 aliphatic heterocycles. The predicted octanol–water partition coefficient (Wildman–Crippen LogP) is -0.329. The van der Waals surface area contributed by atoms with E-state index >= 15 is 0 Å². The van der Waals surface area contributed by atoms with Gasteiger partial charge in [-0.05, 0) is 0 Å². The average molecular weight is 106 g/mol. The number of nitrogens with zero attached hydrogens (tertiary/aromatic N) is 1. The number of hydrogen-bond acceptors (Lipinski definition) is 1. The Morgan fingerprint density at radius 1 is 1.25 bits per heavy atom. The SMILES string of the molecule is [AlH].[N-]=O.[Ti]. The van der Waals surface area contributed by atoms with Gasteiger partial charge in [-0.1, -0.05) is 0 Å². The molecule has 0 aromatic heterocycles. The molecule has 0 aromatic rings. The second-order valence-electron chi connectivity index (χ2n) is 0. The van der Waals surface area contributed by atoms with Gasteiger partial charge in [-0.2, -0.15) is 0 Å². The van der Waals surface area contributed by atoms with E-state index < -0.39 is 0 Å². The quantitative estimate of drug-likeness (QED) is 0.389. The third-order valence-corrected chi connectivity index (χ3v) is 0. The summed E-state index contributed by atoms with van der Waals surface area (Å²) >= 11 is 0. The molecule has 0 unspecified atom stereocenters. The summed E-state index contributed by atoms with van der Waals surface area (Å²) < 4.78 is 0. The number of nitroso groups, excluding NO2 is 1. The van der Waals surface area contributed by atoms with Crippen molar-refractivity contribution in [2.45, 2.75) is 0 Å². The molecule has 20 valence electrons. The van der Waals surface area contributed by atoms with Crippen LogP contribution in [-0.4, -0.2) is 17.4 Å². The standard InChI is InChI=1S/Al.NO.Ti.H/c;1-2;;/q;-1;;. The van der Waals surface area contributed by atoms with E-state index in [0.29, 0.717) is 0 Å². The van der Waals surface area contributed by atoms with E-state index in [0.717, 1.165) is 0 Å². The molecule has 0 fully saturated rings. The van der Waals surface area contributed by atoms with Gasteiger partial charge in [0.05, 0.1) is 17.4 Å². The van der Waals surface area contributed by atoms with Crippen LogP contribution in [0.4, 0.5) is 0 Å². The summed E-state index contributed by atoms with van der Waals surface area (Å²) in [6, 6.07) is 0. The Balaban J connectivity index is -0.00000000500. The van der Waals surface area contributed by atoms with Gasteiger partial charge in [0.25, 0.3) is 0 Å². The van der Waals surface area contributed by atoms with E-state index in [1.54, 1.807) is 0 Å². The first kappa shape index (κ1) is 21.0. The van der Waals surface area contributed by atoms with Gasteiger partial charge in [0.15, 0.2) is 0 Å². The van der Waals surface area contributed by atoms with Crippen molar-refractivity contribution in [3.05, 3.63) is 10.5 Å². The Labute approximate surface area is 49.7 Å². The van der Waals surface area contributed by atoms with Gasteiger partial charge >= 0.3 is 0 Å². The molecule has 0 rings (SSSR count). The Morgan fingerprint density at radius 2 is 1.25 bits per heavy atom. The normalized spacial score (nSPS) is 1.00. The largest absolute Gasteiger partial charge is 0.577 e. The first-order chi connectivity index (χ1) is 1.00. The van der Waals surface area contributed by atoms with Crippen LogP contribution in [-0.2, 0) is 21.7 Å². The van der Waals surface area contributed by atoms with Crippen molar-refractivity contribution in [2.75, 3.05) is 0 Å². The molecular formula is HAlNOTi-. The van der Waals surface area contributed by atoms with Crippen LogP contribution < -0.4 is 0 Å². The molecule has 0 saturated heterocycles. The topological polar surface area (TPSA) is 39.4 Å². The molecule has 2 radical (unpaired) electrons. The number of rotatable bonds is 0. The summed E-state index contributed by atoms with van der Waals surface area (Å²) in [5, 5.41) is 0. The molecule has 0 bridgehead atoms. The molecule has 4 heavy (non-hydrogen) atoms. The van der Waals surface area contributed by atoms with E-state index in [4.69, 9.17) is 10.5 Å². The first-order valence-corrected chi connectivity index (χ1v) is 0.183. The maximum absolute atomic E-state index is 7.25. The first-order valence-electron chi connectivity index (χ1n) is 0.183. The van der Waals surface area contributed by atoms with Gasteiger partial charge in [0, 0.05) is 21.7 Å². The van der Waals surface area contributed by atoms with E-state index in [1.165, 1.54) is 0 Å². The summed E-state index contributed by atoms with van der Waals surface area (Å²) in [7, 11) is 0. The molecular weight excluding hydrogens is 105 g/mol. The monoisotopic (exact) mass is 106 g/mol. The molecule has 4 heteroatoms. The van der Waals surface area contributed by atoms with Crippen LogP contribution in [0.2, 0.25) is 0 Å². The second-order valence-corrected chi connectivity index (χ2v) is 0. The molecule has 0 aliphatic carbocycles. The van der Waals surface area contributed by atoms with Gasteiger partial charge in [-0.3, -0.25) is 0 Å². The Morgan fingerprint density at radius 3 is 1.25 bits per heavy atom. The second kappa shape index (κ2) is 43.5. The fourth-order valence-electron chi connectivity index (χ4n) is 0. The van der Waals surface area contributed by atoms with Crippen molar-refractivity contribution in [3.8, 4) is 0 Å². The van der Waals surface area contributed by atoms with Crippen LogP contribution >= 0.6 is 0 Å². The summed E-state index contributed by atoms with van der Waals surface area (Å²) in [5.74, 6) is 0. The molecule has 0 heterocycles. The molecule has 2 nitrogen and oxygen atoms in total. The van der Waals surface area contributed by atoms with Crippen molar-refractivity contribution in [1.29, 1.82) is 0 Å². The third-order valence-electron chi connectivity index (χ3n) is 0. The predicted molar refractivity (Wildman–Crippen MR) is 13.9 cm³/mol. The third kappa shape index (κ3) is 13.5. The van der Waals surface area contributed by atoms with Gasteiger partial charge in [0.2, 0.25) is 0 Å². The minimum Gasteiger partial charge on any atom is -0.577 e. The van der Waals surface area contributed by atoms with Crippen molar-refractivity contribution in [1.82, 2.24) is 0 Å². The molecule has 0 saturated carbocycles. The van der Waals surface area contributed by atoms with Crippen molar-refractivity contribution >= 4 is 17.4 Å². The van der Waals surface area contributed by atoms with Gasteiger partial charge in [0.1, 0.15) is 0 Å². The molecule has 0 aliphatic rings. The molecule has 0 amide bonds. The van der Waals surface area contributed by atoms with Gasteiger partial charge < -0.3 is 10.5 Å². The van der Waals surface area contributed by atoms with E-state index in [9.17, 15) is 0 Å². The molecule has 0 atom stereocenters. The summed E-state index contributed by atoms with van der Waals surface area (Å²) in [4.78, 5) is 7.25. The Kier molecular flexibility index (Phi) is 229. The van der Waals surface area contributed by atoms with Gasteiger partial charge in [-0.15, -0.1) is 0 Å². The van der Waals surface area contributed by atoms with Crippen LogP contribution in [0.25, 0.3) is 5.59 Å². The smallest absolute Gasteiger partial charge is 0.0854 e. The average Bonchev–Trinajstić information content (AvgIpc) is 1.00. The van der Waals surface area contributed by atoms with Crippen molar-refractivity contribution in [2.24, 2.45) is 0 Å². The van der Waals surface area contributed by atoms with Crippen LogP contribution in [0.5, 0.6) is 0 Å². The summed E-state index contributed by atoms with van der Waals surface area (Å²) in [5.41, 5.74) is 5.75. The van der Waals surface area contributed by atoms with Crippen molar-refractivity contribution in [3.63, 3.8) is 0 Å². The minimum atomic E-state index is 0. The van der Waals surface area contributed by atoms with Crippen LogP contribution in [0.15, 0.2) is 0 Å². The number of hydrogen-bond donors (Lipinski definition) is 0. The zero-order valence-electron chi connectivity index (χ0n) is 2.06. The molecule has 0 N–H and O–H groups in total. The Hall–Kier alpha value is 0.847. The van der Waals surface area contributed by atoms with Crippen LogP contribution in [0.3, 0.4) is 0 Å². The Bertz CT molecular complexity index is 8.00. The summed E-state index contributed by atoms with van der Waals surface area (Å²) in [6.45, 7) is 0. The summed E-state index contributed by atoms with van der Waals surface area (Å²) in [6.07, 6.45) is 0. The fraction of sp³-hybridized carbons (Fsp3) is 0. The van der Waals surface area contributed by atoms with E-state index in [2.05, 4.69) is 0 Å². The molecule has 0 aromatic carbocycles. The van der Waals surface area contributed by atoms with Gasteiger partial charge in [-0.25, -0.2) is 0 Å². The maximum atomic E-state index is 7.25. The minimum absolute atomic E-state index is 0. The zero-order chi connectivity index (χ0) is 2.00.